The van der Waals surface area contributed by atoms with E-state index in [9.17, 15) is 9.59 Å². The van der Waals surface area contributed by atoms with Gasteiger partial charge in [-0.15, -0.1) is 0 Å². The largest absolute Gasteiger partial charge is 0.344 e. The molecule has 0 aromatic heterocycles. The first kappa shape index (κ1) is 14.5. The van der Waals surface area contributed by atoms with Crippen LogP contribution in [0.2, 0.25) is 0 Å². The van der Waals surface area contributed by atoms with Crippen molar-refractivity contribution in [2.45, 2.75) is 26.3 Å². The Kier molecular flexibility index (Phi) is 4.68. The zero-order chi connectivity index (χ0) is 13.8. The lowest BCUT2D eigenvalue weighted by molar-refractivity contribution is -0.136. The molecule has 2 N–H and O–H groups in total. The highest BCUT2D eigenvalue weighted by molar-refractivity contribution is 5.91. The molecule has 6 heteroatoms. The Balaban J connectivity index is 2.65. The van der Waals surface area contributed by atoms with Gasteiger partial charge in [-0.05, 0) is 26.8 Å². The monoisotopic (exact) mass is 252 g/mol. The summed E-state index contributed by atoms with van der Waals surface area (Å²) in [6, 6.07) is 1.46. The van der Waals surface area contributed by atoms with Gasteiger partial charge in [0.25, 0.3) is 0 Å². The Hall–Kier alpha value is -1.61. The van der Waals surface area contributed by atoms with Gasteiger partial charge in [-0.1, -0.05) is 0 Å². The summed E-state index contributed by atoms with van der Waals surface area (Å²) in [5.74, 6) is -0.509. The van der Waals surface area contributed by atoms with Crippen molar-refractivity contribution < 1.29 is 9.59 Å². The molecule has 100 valence electrons. The lowest BCUT2D eigenvalue weighted by atomic mass is 9.87. The summed E-state index contributed by atoms with van der Waals surface area (Å²) in [5.41, 5.74) is -1.03. The van der Waals surface area contributed by atoms with Crippen molar-refractivity contribution in [1.29, 1.82) is 5.26 Å². The molecule has 2 unspecified atom stereocenters. The summed E-state index contributed by atoms with van der Waals surface area (Å²) in [4.78, 5) is 25.4. The third-order valence-electron chi connectivity index (χ3n) is 3.37. The molecule has 2 amide bonds. The van der Waals surface area contributed by atoms with E-state index in [-0.39, 0.29) is 11.8 Å². The van der Waals surface area contributed by atoms with Crippen LogP contribution in [0.4, 0.5) is 0 Å². The van der Waals surface area contributed by atoms with Crippen molar-refractivity contribution in [3.8, 4) is 6.07 Å². The van der Waals surface area contributed by atoms with Gasteiger partial charge in [0.1, 0.15) is 11.5 Å². The predicted molar refractivity (Wildman–Crippen MR) is 66.4 cm³/mol. The van der Waals surface area contributed by atoms with E-state index in [0.29, 0.717) is 26.1 Å². The van der Waals surface area contributed by atoms with Crippen LogP contribution < -0.4 is 10.6 Å². The smallest absolute Gasteiger partial charge is 0.244 e. The molecule has 1 saturated heterocycles. The maximum absolute atomic E-state index is 12.1. The first-order chi connectivity index (χ1) is 8.46. The van der Waals surface area contributed by atoms with E-state index in [1.807, 2.05) is 6.92 Å². The molecule has 0 aromatic rings. The minimum Gasteiger partial charge on any atom is -0.344 e. The van der Waals surface area contributed by atoms with E-state index in [4.69, 9.17) is 5.26 Å². The Bertz CT molecular complexity index is 369. The molecule has 1 fully saturated rings. The Morgan fingerprint density at radius 1 is 1.61 bits per heavy atom. The molecule has 0 radical (unpaired) electrons. The third kappa shape index (κ3) is 2.79. The molecule has 1 heterocycles. The molecular weight excluding hydrogens is 232 g/mol. The number of rotatable bonds is 4. The van der Waals surface area contributed by atoms with Crippen LogP contribution in [0.5, 0.6) is 0 Å². The van der Waals surface area contributed by atoms with Crippen LogP contribution in [0.25, 0.3) is 0 Å². The van der Waals surface area contributed by atoms with Gasteiger partial charge in [-0.25, -0.2) is 0 Å². The quantitative estimate of drug-likeness (QED) is 0.704. The summed E-state index contributed by atoms with van der Waals surface area (Å²) < 4.78 is 0. The number of carbonyl (C=O) groups is 2. The molecule has 0 aliphatic carbocycles. The van der Waals surface area contributed by atoms with Crippen LogP contribution in [-0.4, -0.2) is 49.4 Å². The summed E-state index contributed by atoms with van der Waals surface area (Å²) in [5, 5.41) is 14.8. The Labute approximate surface area is 107 Å². The molecule has 0 bridgehead atoms. The summed E-state index contributed by atoms with van der Waals surface area (Å²) in [7, 11) is 1.68. The highest BCUT2D eigenvalue weighted by Gasteiger charge is 2.42. The maximum atomic E-state index is 12.1. The fourth-order valence-corrected chi connectivity index (χ4v) is 1.91. The molecule has 1 aliphatic heterocycles. The fraction of sp³-hybridized carbons (Fsp3) is 0.750. The van der Waals surface area contributed by atoms with Gasteiger partial charge < -0.3 is 15.5 Å². The van der Waals surface area contributed by atoms with Crippen LogP contribution in [0.1, 0.15) is 20.3 Å². The second-order valence-corrected chi connectivity index (χ2v) is 4.67. The van der Waals surface area contributed by atoms with E-state index in [1.165, 1.54) is 4.90 Å². The lowest BCUT2D eigenvalue weighted by Crippen LogP contribution is -2.51. The van der Waals surface area contributed by atoms with Gasteiger partial charge in [-0.2, -0.15) is 5.26 Å². The first-order valence-corrected chi connectivity index (χ1v) is 6.14. The van der Waals surface area contributed by atoms with E-state index < -0.39 is 11.5 Å². The normalized spacial score (nSPS) is 24.1. The molecule has 0 spiro atoms. The fourth-order valence-electron chi connectivity index (χ4n) is 1.91. The number of nitrogens with zero attached hydrogens (tertiary/aromatic N) is 2. The molecule has 0 aromatic carbocycles. The molecule has 0 saturated carbocycles. The molecule has 2 atom stereocenters. The van der Waals surface area contributed by atoms with Gasteiger partial charge in [0.15, 0.2) is 0 Å². The number of amides is 2. The Morgan fingerprint density at radius 2 is 2.28 bits per heavy atom. The Morgan fingerprint density at radius 3 is 2.72 bits per heavy atom. The molecule has 6 nitrogen and oxygen atoms in total. The topological polar surface area (TPSA) is 85.2 Å². The standard InChI is InChI=1S/C12H20N4O2/c1-4-16(3)10(17)9(2)15-11(18)12(7-13)5-6-14-8-12/h9,14H,4-6,8H2,1-3H3,(H,15,18). The van der Waals surface area contributed by atoms with Crippen LogP contribution in [0, 0.1) is 16.7 Å². The van der Waals surface area contributed by atoms with Gasteiger partial charge in [0.05, 0.1) is 6.07 Å². The summed E-state index contributed by atoms with van der Waals surface area (Å²) in [6.07, 6.45) is 0.486. The number of carbonyl (C=O) groups excluding carboxylic acids is 2. The lowest BCUT2D eigenvalue weighted by Gasteiger charge is -2.24. The number of hydrogen-bond donors (Lipinski definition) is 2. The van der Waals surface area contributed by atoms with Crippen molar-refractivity contribution in [3.05, 3.63) is 0 Å². The molecular formula is C12H20N4O2. The second-order valence-electron chi connectivity index (χ2n) is 4.67. The number of hydrogen-bond acceptors (Lipinski definition) is 4. The van der Waals surface area contributed by atoms with Crippen molar-refractivity contribution in [1.82, 2.24) is 15.5 Å². The number of nitrogens with one attached hydrogen (secondary N) is 2. The SMILES string of the molecule is CCN(C)C(=O)C(C)NC(=O)C1(C#N)CCNC1. The highest BCUT2D eigenvalue weighted by atomic mass is 16.2. The molecule has 18 heavy (non-hydrogen) atoms. The molecule has 1 rings (SSSR count). The minimum absolute atomic E-state index is 0.148. The van der Waals surface area contributed by atoms with Crippen LogP contribution in [-0.2, 0) is 9.59 Å². The predicted octanol–water partition coefficient (Wildman–Crippen LogP) is -0.527. The first-order valence-electron chi connectivity index (χ1n) is 6.14. The average molecular weight is 252 g/mol. The van der Waals surface area contributed by atoms with E-state index in [0.717, 1.165) is 0 Å². The van der Waals surface area contributed by atoms with Crippen LogP contribution in [0.3, 0.4) is 0 Å². The number of nitriles is 1. The van der Waals surface area contributed by atoms with Gasteiger partial charge in [0.2, 0.25) is 11.8 Å². The maximum Gasteiger partial charge on any atom is 0.244 e. The zero-order valence-electron chi connectivity index (χ0n) is 11.1. The van der Waals surface area contributed by atoms with Crippen molar-refractivity contribution >= 4 is 11.8 Å². The van der Waals surface area contributed by atoms with Crippen LogP contribution >= 0.6 is 0 Å². The average Bonchev–Trinajstić information content (AvgIpc) is 2.86. The number of likely N-dealkylation sites (N-methyl/N-ethyl adjacent to an activating group) is 1. The van der Waals surface area contributed by atoms with E-state index >= 15 is 0 Å². The second kappa shape index (κ2) is 5.83. The minimum atomic E-state index is -1.03. The third-order valence-corrected chi connectivity index (χ3v) is 3.37. The van der Waals surface area contributed by atoms with Gasteiger partial charge >= 0.3 is 0 Å². The zero-order valence-corrected chi connectivity index (χ0v) is 11.1. The van der Waals surface area contributed by atoms with Crippen molar-refractivity contribution in [2.24, 2.45) is 5.41 Å². The van der Waals surface area contributed by atoms with Crippen molar-refractivity contribution in [3.63, 3.8) is 0 Å². The highest BCUT2D eigenvalue weighted by Crippen LogP contribution is 2.24. The van der Waals surface area contributed by atoms with Gasteiger partial charge in [-0.3, -0.25) is 9.59 Å². The summed E-state index contributed by atoms with van der Waals surface area (Å²) in [6.45, 7) is 5.09. The van der Waals surface area contributed by atoms with Crippen LogP contribution in [0.15, 0.2) is 0 Å². The van der Waals surface area contributed by atoms with E-state index in [2.05, 4.69) is 16.7 Å². The van der Waals surface area contributed by atoms with E-state index in [1.54, 1.807) is 14.0 Å². The van der Waals surface area contributed by atoms with Crippen molar-refractivity contribution in [2.75, 3.05) is 26.7 Å². The summed E-state index contributed by atoms with van der Waals surface area (Å²) >= 11 is 0. The van der Waals surface area contributed by atoms with Gasteiger partial charge in [0, 0.05) is 20.1 Å². The molecule has 1 aliphatic rings.